The van der Waals surface area contributed by atoms with Gasteiger partial charge in [-0.15, -0.1) is 0 Å². The highest BCUT2D eigenvalue weighted by atomic mass is 16.6. The van der Waals surface area contributed by atoms with Crippen LogP contribution in [0.15, 0.2) is 122 Å². The third kappa shape index (κ3) is 42.9. The molecule has 58 heavy (non-hydrogen) atoms. The van der Waals surface area contributed by atoms with E-state index < -0.39 is 12.1 Å². The molecular formula is C52H80O6. The van der Waals surface area contributed by atoms with Gasteiger partial charge in [-0.2, -0.15) is 0 Å². The van der Waals surface area contributed by atoms with Crippen molar-refractivity contribution < 1.29 is 28.6 Å². The average molecular weight is 801 g/mol. The molecule has 324 valence electrons. The Bertz CT molecular complexity index is 1290. The molecule has 0 aliphatic heterocycles. The van der Waals surface area contributed by atoms with Crippen LogP contribution >= 0.6 is 0 Å². The highest BCUT2D eigenvalue weighted by molar-refractivity contribution is 5.72. The van der Waals surface area contributed by atoms with Gasteiger partial charge in [0.1, 0.15) is 13.2 Å². The molecule has 0 rings (SSSR count). The molecule has 0 heterocycles. The van der Waals surface area contributed by atoms with Crippen LogP contribution in [0.25, 0.3) is 0 Å². The Morgan fingerprint density at radius 3 is 1.14 bits per heavy atom. The Balaban J connectivity index is 4.60. The van der Waals surface area contributed by atoms with Crippen LogP contribution in [0.1, 0.15) is 168 Å². The number of hydrogen-bond acceptors (Lipinski definition) is 6. The fourth-order valence-electron chi connectivity index (χ4n) is 5.43. The van der Waals surface area contributed by atoms with E-state index >= 15 is 0 Å². The molecule has 0 aromatic carbocycles. The number of esters is 3. The lowest BCUT2D eigenvalue weighted by atomic mass is 10.1. The molecule has 0 saturated carbocycles. The van der Waals surface area contributed by atoms with Crippen molar-refractivity contribution in [2.75, 3.05) is 13.2 Å². The molecule has 6 nitrogen and oxygen atoms in total. The fourth-order valence-corrected chi connectivity index (χ4v) is 5.43. The van der Waals surface area contributed by atoms with Crippen LogP contribution in [0.4, 0.5) is 0 Å². The molecule has 0 amide bonds. The van der Waals surface area contributed by atoms with Gasteiger partial charge in [0.15, 0.2) is 6.10 Å². The molecule has 0 aromatic heterocycles. The van der Waals surface area contributed by atoms with Crippen molar-refractivity contribution in [2.24, 2.45) is 0 Å². The van der Waals surface area contributed by atoms with Gasteiger partial charge in [0.2, 0.25) is 0 Å². The standard InChI is InChI=1S/C52H80O6/c1-4-7-10-13-16-19-21-23-25-26-28-29-31-33-36-39-42-45-51(54)57-48-49(47-56-50(53)44-41-38-35-18-15-12-9-6-3)58-52(55)46-43-40-37-34-32-30-27-24-22-20-17-14-11-8-5-2/h7-8,10-11,16-17,19-20,23-25,27-29,32-34,36,40,43,49H,4-6,9,12-15,18,21-22,26,30-31,35,37-39,41-42,44-48H2,1-3H3/b10-7-,11-8-,19-16-,20-17-,25-23-,27-24-,29-28-,34-32-,36-33-,43-40-. The Labute approximate surface area is 354 Å². The van der Waals surface area contributed by atoms with E-state index in [1.165, 1.54) is 32.1 Å². The number of carbonyl (C=O) groups is 3. The zero-order valence-corrected chi connectivity index (χ0v) is 36.8. The Morgan fingerprint density at radius 1 is 0.379 bits per heavy atom. The molecule has 0 fully saturated rings. The molecule has 0 aliphatic rings. The molecule has 0 saturated heterocycles. The summed E-state index contributed by atoms with van der Waals surface area (Å²) in [5, 5.41) is 0. The van der Waals surface area contributed by atoms with Gasteiger partial charge in [-0.1, -0.05) is 187 Å². The van der Waals surface area contributed by atoms with Gasteiger partial charge >= 0.3 is 17.9 Å². The van der Waals surface area contributed by atoms with E-state index in [4.69, 9.17) is 14.2 Å². The first-order valence-corrected chi connectivity index (χ1v) is 22.5. The van der Waals surface area contributed by atoms with Crippen LogP contribution in [0, 0.1) is 0 Å². The Morgan fingerprint density at radius 2 is 0.724 bits per heavy atom. The topological polar surface area (TPSA) is 78.9 Å². The van der Waals surface area contributed by atoms with Crippen LogP contribution in [0.2, 0.25) is 0 Å². The van der Waals surface area contributed by atoms with Gasteiger partial charge in [0, 0.05) is 12.8 Å². The van der Waals surface area contributed by atoms with Gasteiger partial charge < -0.3 is 14.2 Å². The average Bonchev–Trinajstić information content (AvgIpc) is 3.22. The minimum atomic E-state index is -0.854. The second-order valence-corrected chi connectivity index (χ2v) is 14.2. The zero-order valence-electron chi connectivity index (χ0n) is 36.8. The highest BCUT2D eigenvalue weighted by Crippen LogP contribution is 2.11. The molecule has 0 radical (unpaired) electrons. The maximum absolute atomic E-state index is 12.7. The van der Waals surface area contributed by atoms with Crippen molar-refractivity contribution in [1.82, 2.24) is 0 Å². The Kier molecular flexibility index (Phi) is 42.2. The van der Waals surface area contributed by atoms with Crippen molar-refractivity contribution in [3.05, 3.63) is 122 Å². The van der Waals surface area contributed by atoms with E-state index in [9.17, 15) is 14.4 Å². The monoisotopic (exact) mass is 801 g/mol. The SMILES string of the molecule is CC/C=C\C/C=C\C/C=C\C/C=C\C/C=C\CCCC(=O)OCC(COC(=O)CCCCCCCCCC)OC(=O)C/C=C\C/C=C\C/C=C\C/C=C\C/C=C\CC. The minimum absolute atomic E-state index is 0.0808. The lowest BCUT2D eigenvalue weighted by molar-refractivity contribution is -0.166. The maximum Gasteiger partial charge on any atom is 0.310 e. The van der Waals surface area contributed by atoms with Crippen molar-refractivity contribution in [3.63, 3.8) is 0 Å². The highest BCUT2D eigenvalue weighted by Gasteiger charge is 2.19. The molecule has 1 atom stereocenters. The summed E-state index contributed by atoms with van der Waals surface area (Å²) in [6.07, 6.45) is 62.2. The third-order valence-corrected chi connectivity index (χ3v) is 8.74. The van der Waals surface area contributed by atoms with E-state index in [0.717, 1.165) is 83.5 Å². The normalized spacial score (nSPS) is 13.2. The van der Waals surface area contributed by atoms with E-state index in [-0.39, 0.29) is 38.0 Å². The number of rotatable bonds is 38. The van der Waals surface area contributed by atoms with Crippen LogP contribution in [-0.4, -0.2) is 37.2 Å². The van der Waals surface area contributed by atoms with E-state index in [0.29, 0.717) is 19.3 Å². The quantitative estimate of drug-likeness (QED) is 0.0268. The summed E-state index contributed by atoms with van der Waals surface area (Å²) in [4.78, 5) is 37.6. The number of unbranched alkanes of at least 4 members (excludes halogenated alkanes) is 8. The lowest BCUT2D eigenvalue weighted by Gasteiger charge is -2.18. The molecule has 0 aliphatic carbocycles. The van der Waals surface area contributed by atoms with Crippen LogP contribution in [0.3, 0.4) is 0 Å². The summed E-state index contributed by atoms with van der Waals surface area (Å²) in [6.45, 7) is 6.20. The van der Waals surface area contributed by atoms with Crippen LogP contribution in [-0.2, 0) is 28.6 Å². The summed E-state index contributed by atoms with van der Waals surface area (Å²) in [7, 11) is 0. The number of allylic oxidation sites excluding steroid dienone is 19. The van der Waals surface area contributed by atoms with Crippen LogP contribution < -0.4 is 0 Å². The van der Waals surface area contributed by atoms with Crippen molar-refractivity contribution >= 4 is 17.9 Å². The molecule has 1 unspecified atom stereocenters. The van der Waals surface area contributed by atoms with Gasteiger partial charge in [0.05, 0.1) is 6.42 Å². The van der Waals surface area contributed by atoms with Crippen molar-refractivity contribution in [1.29, 1.82) is 0 Å². The maximum atomic E-state index is 12.7. The minimum Gasteiger partial charge on any atom is -0.462 e. The zero-order chi connectivity index (χ0) is 42.3. The van der Waals surface area contributed by atoms with Gasteiger partial charge in [-0.25, -0.2) is 0 Å². The molecule has 0 spiro atoms. The number of ether oxygens (including phenoxy) is 3. The second-order valence-electron chi connectivity index (χ2n) is 14.2. The van der Waals surface area contributed by atoms with E-state index in [1.54, 1.807) is 6.08 Å². The first-order chi connectivity index (χ1) is 28.5. The van der Waals surface area contributed by atoms with E-state index in [1.807, 2.05) is 6.08 Å². The largest absolute Gasteiger partial charge is 0.462 e. The Hall–Kier alpha value is -4.19. The lowest BCUT2D eigenvalue weighted by Crippen LogP contribution is -2.30. The number of hydrogen-bond donors (Lipinski definition) is 0. The van der Waals surface area contributed by atoms with E-state index in [2.05, 4.69) is 130 Å². The number of carbonyl (C=O) groups excluding carboxylic acids is 3. The molecule has 6 heteroatoms. The van der Waals surface area contributed by atoms with Gasteiger partial charge in [-0.05, 0) is 83.5 Å². The first-order valence-electron chi connectivity index (χ1n) is 22.5. The summed E-state index contributed by atoms with van der Waals surface area (Å²) < 4.78 is 16.5. The molecule has 0 bridgehead atoms. The first kappa shape index (κ1) is 53.8. The summed E-state index contributed by atoms with van der Waals surface area (Å²) in [5.41, 5.74) is 0. The predicted molar refractivity (Wildman–Crippen MR) is 246 cm³/mol. The summed E-state index contributed by atoms with van der Waals surface area (Å²) in [5.74, 6) is -1.15. The van der Waals surface area contributed by atoms with Gasteiger partial charge in [-0.3, -0.25) is 14.4 Å². The van der Waals surface area contributed by atoms with Crippen molar-refractivity contribution in [2.45, 2.75) is 175 Å². The smallest absolute Gasteiger partial charge is 0.310 e. The summed E-state index contributed by atoms with van der Waals surface area (Å²) >= 11 is 0. The summed E-state index contributed by atoms with van der Waals surface area (Å²) in [6, 6.07) is 0. The predicted octanol–water partition coefficient (Wildman–Crippen LogP) is 14.6. The van der Waals surface area contributed by atoms with Crippen molar-refractivity contribution in [3.8, 4) is 0 Å². The molecule has 0 aromatic rings. The molecular weight excluding hydrogens is 721 g/mol. The third-order valence-electron chi connectivity index (χ3n) is 8.74. The van der Waals surface area contributed by atoms with Crippen LogP contribution in [0.5, 0.6) is 0 Å². The fraction of sp³-hybridized carbons (Fsp3) is 0.558. The second kappa shape index (κ2) is 45.5. The molecule has 0 N–H and O–H groups in total. The van der Waals surface area contributed by atoms with Gasteiger partial charge in [0.25, 0.3) is 0 Å².